The summed E-state index contributed by atoms with van der Waals surface area (Å²) in [6.07, 6.45) is 0.877. The van der Waals surface area contributed by atoms with Crippen LogP contribution in [0.15, 0.2) is 48.5 Å². The first-order valence-corrected chi connectivity index (χ1v) is 7.79. The zero-order chi connectivity index (χ0) is 15.8. The Hall–Kier alpha value is -1.84. The molecule has 4 heteroatoms. The fourth-order valence-electron chi connectivity index (χ4n) is 2.17. The number of hydrogen-bond acceptors (Lipinski definition) is 2. The summed E-state index contributed by atoms with van der Waals surface area (Å²) in [4.78, 5) is 11.8. The molecule has 0 aliphatic heterocycles. The molecule has 0 saturated heterocycles. The van der Waals surface area contributed by atoms with Crippen LogP contribution in [0.5, 0.6) is 0 Å². The first kappa shape index (κ1) is 16.5. The Morgan fingerprint density at radius 3 is 2.59 bits per heavy atom. The fraction of sp³-hybridized carbons (Fsp3) is 0.278. The minimum Gasteiger partial charge on any atom is -0.351 e. The predicted molar refractivity (Wildman–Crippen MR) is 91.1 cm³/mol. The number of halogens is 1. The van der Waals surface area contributed by atoms with Crippen LogP contribution >= 0.6 is 11.6 Å². The summed E-state index contributed by atoms with van der Waals surface area (Å²) < 4.78 is 0. The molecular weight excluding hydrogens is 296 g/mol. The largest absolute Gasteiger partial charge is 0.351 e. The molecule has 3 nitrogen and oxygen atoms in total. The lowest BCUT2D eigenvalue weighted by atomic mass is 10.1. The highest BCUT2D eigenvalue weighted by atomic mass is 35.5. The summed E-state index contributed by atoms with van der Waals surface area (Å²) in [5.41, 5.74) is 3.53. The van der Waals surface area contributed by atoms with E-state index in [0.29, 0.717) is 13.1 Å². The van der Waals surface area contributed by atoms with Gasteiger partial charge in [0.25, 0.3) is 0 Å². The third-order valence-corrected chi connectivity index (χ3v) is 3.61. The molecule has 22 heavy (non-hydrogen) atoms. The van der Waals surface area contributed by atoms with E-state index >= 15 is 0 Å². The average Bonchev–Trinajstić information content (AvgIpc) is 2.51. The molecule has 2 rings (SSSR count). The zero-order valence-electron chi connectivity index (χ0n) is 12.7. The highest BCUT2D eigenvalue weighted by Gasteiger charge is 2.01. The summed E-state index contributed by atoms with van der Waals surface area (Å²) in [5, 5.41) is 6.81. The summed E-state index contributed by atoms with van der Waals surface area (Å²) >= 11 is 5.84. The molecule has 0 heterocycles. The van der Waals surface area contributed by atoms with E-state index in [0.717, 1.165) is 23.6 Å². The summed E-state index contributed by atoms with van der Waals surface area (Å²) in [5.74, 6) is 0.0117. The summed E-state index contributed by atoms with van der Waals surface area (Å²) in [7, 11) is 0. The monoisotopic (exact) mass is 316 g/mol. The molecule has 0 aliphatic rings. The number of nitrogens with one attached hydrogen (secondary N) is 2. The van der Waals surface area contributed by atoms with Gasteiger partial charge in [-0.2, -0.15) is 0 Å². The quantitative estimate of drug-likeness (QED) is 0.771. The first-order chi connectivity index (χ1) is 10.6. The molecule has 2 aromatic carbocycles. The van der Waals surface area contributed by atoms with E-state index in [2.05, 4.69) is 16.7 Å². The van der Waals surface area contributed by atoms with Gasteiger partial charge in [-0.3, -0.25) is 4.79 Å². The standard InChI is InChI=1S/C18H21ClN2O/c1-14-3-2-4-16(11-14)12-21-18(22)13-20-10-9-15-5-7-17(19)8-6-15/h2-8,11,20H,9-10,12-13H2,1H3,(H,21,22). The van der Waals surface area contributed by atoms with Crippen molar-refractivity contribution < 1.29 is 4.79 Å². The molecule has 0 aliphatic carbocycles. The van der Waals surface area contributed by atoms with E-state index in [4.69, 9.17) is 11.6 Å². The molecule has 0 spiro atoms. The van der Waals surface area contributed by atoms with E-state index in [-0.39, 0.29) is 5.91 Å². The van der Waals surface area contributed by atoms with E-state index < -0.39 is 0 Å². The normalized spacial score (nSPS) is 10.5. The third-order valence-electron chi connectivity index (χ3n) is 3.36. The maximum Gasteiger partial charge on any atom is 0.234 e. The van der Waals surface area contributed by atoms with E-state index in [1.165, 1.54) is 11.1 Å². The van der Waals surface area contributed by atoms with Crippen molar-refractivity contribution in [1.82, 2.24) is 10.6 Å². The lowest BCUT2D eigenvalue weighted by molar-refractivity contribution is -0.120. The zero-order valence-corrected chi connectivity index (χ0v) is 13.5. The molecule has 0 unspecified atom stereocenters. The fourth-order valence-corrected chi connectivity index (χ4v) is 2.30. The Bertz CT molecular complexity index is 611. The van der Waals surface area contributed by atoms with Gasteiger partial charge in [0.2, 0.25) is 5.91 Å². The highest BCUT2D eigenvalue weighted by molar-refractivity contribution is 6.30. The van der Waals surface area contributed by atoms with Crippen molar-refractivity contribution in [2.75, 3.05) is 13.1 Å². The first-order valence-electron chi connectivity index (χ1n) is 7.41. The topological polar surface area (TPSA) is 41.1 Å². The highest BCUT2D eigenvalue weighted by Crippen LogP contribution is 2.09. The van der Waals surface area contributed by atoms with Crippen LogP contribution in [-0.2, 0) is 17.8 Å². The second kappa shape index (κ2) is 8.57. The number of rotatable bonds is 7. The van der Waals surface area contributed by atoms with Gasteiger partial charge in [0.15, 0.2) is 0 Å². The molecule has 116 valence electrons. The van der Waals surface area contributed by atoms with Crippen LogP contribution in [0.2, 0.25) is 5.02 Å². The molecule has 0 saturated carbocycles. The number of carbonyl (C=O) groups is 1. The van der Waals surface area contributed by atoms with Gasteiger partial charge in [0.05, 0.1) is 6.54 Å². The molecule has 0 bridgehead atoms. The van der Waals surface area contributed by atoms with Crippen molar-refractivity contribution in [1.29, 1.82) is 0 Å². The average molecular weight is 317 g/mol. The van der Waals surface area contributed by atoms with Crippen molar-refractivity contribution in [2.45, 2.75) is 19.9 Å². The number of carbonyl (C=O) groups excluding carboxylic acids is 1. The Morgan fingerprint density at radius 2 is 1.86 bits per heavy atom. The minimum absolute atomic E-state index is 0.0117. The van der Waals surface area contributed by atoms with Crippen LogP contribution in [0.25, 0.3) is 0 Å². The molecule has 2 N–H and O–H groups in total. The number of benzene rings is 2. The van der Waals surface area contributed by atoms with E-state index in [9.17, 15) is 4.79 Å². The SMILES string of the molecule is Cc1cccc(CNC(=O)CNCCc2ccc(Cl)cc2)c1. The number of hydrogen-bond donors (Lipinski definition) is 2. The van der Waals surface area contributed by atoms with Crippen molar-refractivity contribution in [3.8, 4) is 0 Å². The van der Waals surface area contributed by atoms with Crippen molar-refractivity contribution in [2.24, 2.45) is 0 Å². The summed E-state index contributed by atoms with van der Waals surface area (Å²) in [6.45, 7) is 3.71. The van der Waals surface area contributed by atoms with Crippen LogP contribution in [0, 0.1) is 6.92 Å². The smallest absolute Gasteiger partial charge is 0.234 e. The molecule has 0 radical (unpaired) electrons. The van der Waals surface area contributed by atoms with Crippen molar-refractivity contribution >= 4 is 17.5 Å². The van der Waals surface area contributed by atoms with Gasteiger partial charge >= 0.3 is 0 Å². The van der Waals surface area contributed by atoms with Crippen molar-refractivity contribution in [3.05, 3.63) is 70.2 Å². The van der Waals surface area contributed by atoms with E-state index in [1.807, 2.05) is 49.4 Å². The molecule has 2 aromatic rings. The third kappa shape index (κ3) is 5.88. The van der Waals surface area contributed by atoms with Crippen LogP contribution in [-0.4, -0.2) is 19.0 Å². The van der Waals surface area contributed by atoms with Crippen LogP contribution in [0.1, 0.15) is 16.7 Å². The van der Waals surface area contributed by atoms with Gasteiger partial charge in [-0.25, -0.2) is 0 Å². The number of amides is 1. The molecule has 0 aromatic heterocycles. The van der Waals surface area contributed by atoms with Crippen LogP contribution in [0.3, 0.4) is 0 Å². The maximum absolute atomic E-state index is 11.8. The number of aryl methyl sites for hydroxylation is 1. The van der Waals surface area contributed by atoms with Crippen LogP contribution < -0.4 is 10.6 Å². The molecule has 0 atom stereocenters. The second-order valence-corrected chi connectivity index (χ2v) is 5.76. The molecule has 1 amide bonds. The lowest BCUT2D eigenvalue weighted by Crippen LogP contribution is -2.34. The van der Waals surface area contributed by atoms with Gasteiger partial charge in [0.1, 0.15) is 0 Å². The van der Waals surface area contributed by atoms with Gasteiger partial charge in [-0.1, -0.05) is 53.6 Å². The van der Waals surface area contributed by atoms with E-state index in [1.54, 1.807) is 0 Å². The maximum atomic E-state index is 11.8. The van der Waals surface area contributed by atoms with Crippen molar-refractivity contribution in [3.63, 3.8) is 0 Å². The predicted octanol–water partition coefficient (Wildman–Crippen LogP) is 3.10. The Kier molecular flexibility index (Phi) is 6.44. The Labute approximate surface area is 136 Å². The van der Waals surface area contributed by atoms with Gasteiger partial charge in [0, 0.05) is 11.6 Å². The Morgan fingerprint density at radius 1 is 1.09 bits per heavy atom. The van der Waals surface area contributed by atoms with Gasteiger partial charge in [-0.15, -0.1) is 0 Å². The van der Waals surface area contributed by atoms with Gasteiger partial charge in [-0.05, 0) is 43.1 Å². The van der Waals surface area contributed by atoms with Crippen LogP contribution in [0.4, 0.5) is 0 Å². The molecule has 0 fully saturated rings. The minimum atomic E-state index is 0.0117. The summed E-state index contributed by atoms with van der Waals surface area (Å²) in [6, 6.07) is 15.9. The van der Waals surface area contributed by atoms with Gasteiger partial charge < -0.3 is 10.6 Å². The Balaban J connectivity index is 1.62. The lowest BCUT2D eigenvalue weighted by Gasteiger charge is -2.07. The second-order valence-electron chi connectivity index (χ2n) is 5.32. The molecular formula is C18H21ClN2O.